The predicted molar refractivity (Wildman–Crippen MR) is 106 cm³/mol. The van der Waals surface area contributed by atoms with Crippen molar-refractivity contribution in [3.05, 3.63) is 40.3 Å². The van der Waals surface area contributed by atoms with Gasteiger partial charge in [-0.2, -0.15) is 5.10 Å². The second kappa shape index (κ2) is 8.65. The molecule has 7 nitrogen and oxygen atoms in total. The monoisotopic (exact) mass is 433 g/mol. The summed E-state index contributed by atoms with van der Waals surface area (Å²) in [4.78, 5) is 31.0. The van der Waals surface area contributed by atoms with E-state index in [-0.39, 0.29) is 17.7 Å². The molecule has 0 unspecified atom stereocenters. The summed E-state index contributed by atoms with van der Waals surface area (Å²) in [5, 5.41) is 9.94. The summed E-state index contributed by atoms with van der Waals surface area (Å²) < 4.78 is 0.863. The topological polar surface area (TPSA) is 91.0 Å². The Morgan fingerprint density at radius 2 is 2.07 bits per heavy atom. The summed E-state index contributed by atoms with van der Waals surface area (Å²) in [7, 11) is 0. The standard InChI is InChI=1S/C19H24BrN5O2/c1-12(2)9-15-10-16(24-23-15)19(27)25-7-5-13(6-8-25)18(26)22-17-4-3-14(20)11-21-17/h3-4,10-13H,5-9H2,1-2H3,(H,23,24)(H,21,22,26). The maximum Gasteiger partial charge on any atom is 0.274 e. The average Bonchev–Trinajstić information content (AvgIpc) is 3.11. The smallest absolute Gasteiger partial charge is 0.274 e. The van der Waals surface area contributed by atoms with Crippen LogP contribution >= 0.6 is 15.9 Å². The number of aromatic amines is 1. The highest BCUT2D eigenvalue weighted by atomic mass is 79.9. The molecule has 0 radical (unpaired) electrons. The van der Waals surface area contributed by atoms with Gasteiger partial charge in [0.2, 0.25) is 5.91 Å². The highest BCUT2D eigenvalue weighted by Gasteiger charge is 2.29. The molecule has 144 valence electrons. The van der Waals surface area contributed by atoms with Crippen LogP contribution in [0, 0.1) is 11.8 Å². The Kier molecular flexibility index (Phi) is 6.26. The summed E-state index contributed by atoms with van der Waals surface area (Å²) in [6, 6.07) is 5.43. The van der Waals surface area contributed by atoms with Crippen LogP contribution in [-0.4, -0.2) is 45.0 Å². The highest BCUT2D eigenvalue weighted by Crippen LogP contribution is 2.21. The van der Waals surface area contributed by atoms with E-state index in [1.165, 1.54) is 0 Å². The maximum atomic E-state index is 12.6. The number of hydrogen-bond acceptors (Lipinski definition) is 4. The van der Waals surface area contributed by atoms with Gasteiger partial charge in [-0.25, -0.2) is 4.98 Å². The third-order valence-electron chi connectivity index (χ3n) is 4.61. The summed E-state index contributed by atoms with van der Waals surface area (Å²) in [5.41, 5.74) is 1.43. The van der Waals surface area contributed by atoms with Crippen LogP contribution < -0.4 is 5.32 Å². The molecule has 3 heterocycles. The summed E-state index contributed by atoms with van der Waals surface area (Å²) >= 11 is 3.32. The van der Waals surface area contributed by atoms with Crippen molar-refractivity contribution in [2.45, 2.75) is 33.1 Å². The van der Waals surface area contributed by atoms with E-state index in [0.29, 0.717) is 43.4 Å². The maximum absolute atomic E-state index is 12.6. The fraction of sp³-hybridized carbons (Fsp3) is 0.474. The quantitative estimate of drug-likeness (QED) is 0.756. The van der Waals surface area contributed by atoms with Crippen molar-refractivity contribution in [1.82, 2.24) is 20.1 Å². The largest absolute Gasteiger partial charge is 0.337 e. The molecule has 0 aliphatic carbocycles. The summed E-state index contributed by atoms with van der Waals surface area (Å²) in [5.74, 6) is 0.805. The lowest BCUT2D eigenvalue weighted by atomic mass is 9.95. The van der Waals surface area contributed by atoms with Gasteiger partial charge in [0.05, 0.1) is 0 Å². The number of nitrogens with one attached hydrogen (secondary N) is 2. The third-order valence-corrected chi connectivity index (χ3v) is 5.08. The first-order valence-corrected chi connectivity index (χ1v) is 9.97. The van der Waals surface area contributed by atoms with E-state index in [0.717, 1.165) is 16.6 Å². The van der Waals surface area contributed by atoms with Gasteiger partial charge in [-0.1, -0.05) is 13.8 Å². The molecule has 2 aromatic rings. The van der Waals surface area contributed by atoms with Gasteiger partial charge in [-0.3, -0.25) is 14.7 Å². The van der Waals surface area contributed by atoms with Crippen molar-refractivity contribution < 1.29 is 9.59 Å². The number of halogens is 1. The molecular weight excluding hydrogens is 410 g/mol. The van der Waals surface area contributed by atoms with Gasteiger partial charge in [0.15, 0.2) is 0 Å². The Bertz CT molecular complexity index is 795. The van der Waals surface area contributed by atoms with Crippen LogP contribution in [0.3, 0.4) is 0 Å². The molecule has 0 saturated carbocycles. The second-order valence-corrected chi connectivity index (χ2v) is 8.21. The lowest BCUT2D eigenvalue weighted by Gasteiger charge is -2.30. The number of hydrogen-bond donors (Lipinski definition) is 2. The average molecular weight is 434 g/mol. The molecule has 1 fully saturated rings. The number of anilines is 1. The minimum atomic E-state index is -0.116. The van der Waals surface area contributed by atoms with Crippen molar-refractivity contribution in [1.29, 1.82) is 0 Å². The molecule has 3 rings (SSSR count). The molecule has 8 heteroatoms. The summed E-state index contributed by atoms with van der Waals surface area (Å²) in [6.07, 6.45) is 3.79. The van der Waals surface area contributed by atoms with E-state index in [2.05, 4.69) is 50.3 Å². The number of likely N-dealkylation sites (tertiary alicyclic amines) is 1. The third kappa shape index (κ3) is 5.15. The van der Waals surface area contributed by atoms with Gasteiger partial charge in [0.25, 0.3) is 5.91 Å². The molecule has 0 spiro atoms. The van der Waals surface area contributed by atoms with E-state index in [1.54, 1.807) is 17.2 Å². The molecule has 2 N–H and O–H groups in total. The van der Waals surface area contributed by atoms with Crippen LogP contribution in [0.15, 0.2) is 28.9 Å². The first-order chi connectivity index (χ1) is 12.9. The minimum absolute atomic E-state index is 0.0455. The zero-order chi connectivity index (χ0) is 19.4. The number of aromatic nitrogens is 3. The van der Waals surface area contributed by atoms with Gasteiger partial charge in [0, 0.05) is 35.4 Å². The molecule has 27 heavy (non-hydrogen) atoms. The van der Waals surface area contributed by atoms with Gasteiger partial charge in [-0.15, -0.1) is 0 Å². The van der Waals surface area contributed by atoms with Crippen molar-refractivity contribution in [2.75, 3.05) is 18.4 Å². The first-order valence-electron chi connectivity index (χ1n) is 9.18. The number of H-pyrrole nitrogens is 1. The zero-order valence-electron chi connectivity index (χ0n) is 15.5. The molecule has 0 atom stereocenters. The van der Waals surface area contributed by atoms with Crippen LogP contribution in [0.1, 0.15) is 42.9 Å². The lowest BCUT2D eigenvalue weighted by Crippen LogP contribution is -2.41. The zero-order valence-corrected chi connectivity index (χ0v) is 17.1. The van der Waals surface area contributed by atoms with Crippen LogP contribution in [0.25, 0.3) is 0 Å². The molecule has 1 aliphatic rings. The molecule has 1 saturated heterocycles. The summed E-state index contributed by atoms with van der Waals surface area (Å²) in [6.45, 7) is 5.36. The lowest BCUT2D eigenvalue weighted by molar-refractivity contribution is -0.121. The fourth-order valence-corrected chi connectivity index (χ4v) is 3.43. The Hall–Kier alpha value is -2.22. The normalized spacial score (nSPS) is 15.2. The highest BCUT2D eigenvalue weighted by molar-refractivity contribution is 9.10. The van der Waals surface area contributed by atoms with Crippen LogP contribution in [0.5, 0.6) is 0 Å². The van der Waals surface area contributed by atoms with Gasteiger partial charge >= 0.3 is 0 Å². The molecule has 2 aromatic heterocycles. The molecular formula is C19H24BrN5O2. The van der Waals surface area contributed by atoms with Crippen molar-refractivity contribution in [3.63, 3.8) is 0 Å². The van der Waals surface area contributed by atoms with E-state index < -0.39 is 0 Å². The number of carbonyl (C=O) groups excluding carboxylic acids is 2. The van der Waals surface area contributed by atoms with E-state index in [1.807, 2.05) is 12.1 Å². The van der Waals surface area contributed by atoms with E-state index in [4.69, 9.17) is 0 Å². The number of carbonyl (C=O) groups is 2. The Balaban J connectivity index is 1.52. The minimum Gasteiger partial charge on any atom is -0.337 e. The van der Waals surface area contributed by atoms with Crippen LogP contribution in [-0.2, 0) is 11.2 Å². The van der Waals surface area contributed by atoms with Gasteiger partial charge in [-0.05, 0) is 59.3 Å². The SMILES string of the molecule is CC(C)Cc1cc(C(=O)N2CCC(C(=O)Nc3ccc(Br)cn3)CC2)n[nH]1. The molecule has 0 aromatic carbocycles. The Labute approximate surface area is 167 Å². The second-order valence-electron chi connectivity index (χ2n) is 7.29. The Morgan fingerprint density at radius 3 is 2.70 bits per heavy atom. The number of piperidine rings is 1. The number of nitrogens with zero attached hydrogens (tertiary/aromatic N) is 3. The fourth-order valence-electron chi connectivity index (χ4n) is 3.20. The van der Waals surface area contributed by atoms with Crippen molar-refractivity contribution in [2.24, 2.45) is 11.8 Å². The predicted octanol–water partition coefficient (Wildman–Crippen LogP) is 3.26. The van der Waals surface area contributed by atoms with Gasteiger partial charge in [0.1, 0.15) is 11.5 Å². The Morgan fingerprint density at radius 1 is 1.33 bits per heavy atom. The molecule has 1 aliphatic heterocycles. The first kappa shape index (κ1) is 19.5. The molecule has 2 amide bonds. The van der Waals surface area contributed by atoms with E-state index in [9.17, 15) is 9.59 Å². The van der Waals surface area contributed by atoms with Crippen molar-refractivity contribution >= 4 is 33.6 Å². The van der Waals surface area contributed by atoms with Crippen LogP contribution in [0.4, 0.5) is 5.82 Å². The number of rotatable bonds is 5. The number of amides is 2. The van der Waals surface area contributed by atoms with E-state index >= 15 is 0 Å². The van der Waals surface area contributed by atoms with Crippen LogP contribution in [0.2, 0.25) is 0 Å². The van der Waals surface area contributed by atoms with Gasteiger partial charge < -0.3 is 10.2 Å². The molecule has 0 bridgehead atoms. The van der Waals surface area contributed by atoms with Crippen molar-refractivity contribution in [3.8, 4) is 0 Å². The number of pyridine rings is 1.